The summed E-state index contributed by atoms with van der Waals surface area (Å²) in [5.41, 5.74) is 0. The quantitative estimate of drug-likeness (QED) is 0.602. The Hall–Kier alpha value is -1.00. The van der Waals surface area contributed by atoms with E-state index in [1.165, 1.54) is 6.42 Å². The van der Waals surface area contributed by atoms with Crippen molar-refractivity contribution in [2.24, 2.45) is 5.92 Å². The van der Waals surface area contributed by atoms with Crippen LogP contribution in [0.3, 0.4) is 0 Å². The molecule has 0 saturated heterocycles. The van der Waals surface area contributed by atoms with Crippen LogP contribution < -0.4 is 0 Å². The summed E-state index contributed by atoms with van der Waals surface area (Å²) in [6.07, 6.45) is 1.19. The molecule has 0 saturated carbocycles. The summed E-state index contributed by atoms with van der Waals surface area (Å²) < 4.78 is 0. The molecule has 0 radical (unpaired) electrons. The topological polar surface area (TPSA) is 0 Å². The van der Waals surface area contributed by atoms with Gasteiger partial charge in [-0.3, -0.25) is 0 Å². The van der Waals surface area contributed by atoms with Gasteiger partial charge in [0.15, 0.2) is 0 Å². The monoisotopic (exact) mass is 386 g/mol. The minimum atomic E-state index is 0. The van der Waals surface area contributed by atoms with Gasteiger partial charge in [-0.25, -0.2) is 0 Å². The molecule has 58 valence electrons. The van der Waals surface area contributed by atoms with Crippen LogP contribution in [0.4, 0.5) is 0 Å². The Bertz CT molecular complexity index is 18.5. The van der Waals surface area contributed by atoms with E-state index in [1.807, 2.05) is 0 Å². The molecule has 0 heterocycles. The molecule has 0 N–H and O–H groups in total. The van der Waals surface area contributed by atoms with Crippen molar-refractivity contribution in [3.63, 3.8) is 0 Å². The van der Waals surface area contributed by atoms with E-state index in [1.54, 1.807) is 0 Å². The van der Waals surface area contributed by atoms with E-state index in [-0.39, 0.29) is 22.3 Å². The zero-order valence-corrected chi connectivity index (χ0v) is 11.1. The normalized spacial score (nSPS) is 8.33. The van der Waals surface area contributed by atoms with Crippen molar-refractivity contribution in [2.45, 2.75) is 42.5 Å². The summed E-state index contributed by atoms with van der Waals surface area (Å²) >= 11 is 0. The van der Waals surface area contributed by atoms with E-state index in [0.717, 1.165) is 0 Å². The summed E-state index contributed by atoms with van der Waals surface area (Å²) in [7, 11) is 0. The molecule has 0 nitrogen and oxygen atoms in total. The molecule has 1 unspecified atom stereocenters. The Labute approximate surface area is 56.3 Å². The van der Waals surface area contributed by atoms with Crippen LogP contribution in [0.5, 0.6) is 0 Å². The van der Waals surface area contributed by atoms with Crippen LogP contribution in [-0.2, 0) is 0 Å². The maximum atomic E-state index is 3.76. The molecule has 0 fully saturated rings. The van der Waals surface area contributed by atoms with Crippen molar-refractivity contribution < 1.29 is 0 Å². The first-order chi connectivity index (χ1) is 2.27. The minimum Gasteiger partial charge on any atom is -0.341 e. The van der Waals surface area contributed by atoms with E-state index in [2.05, 4.69) is 20.8 Å². The van der Waals surface area contributed by atoms with Gasteiger partial charge in [-0.05, 0) is 0 Å². The zero-order valence-electron chi connectivity index (χ0n) is 4.70. The molecule has 0 rings (SSSR count). The average Bonchev–Trinajstić information content (AvgIpc) is 1.38. The second-order valence-corrected chi connectivity index (χ2v) is 1.51. The Morgan fingerprint density at radius 1 is 1.22 bits per heavy atom. The van der Waals surface area contributed by atoms with Crippen molar-refractivity contribution >= 4 is 0 Å². The Morgan fingerprint density at radius 2 is 1.33 bits per heavy atom. The summed E-state index contributed by atoms with van der Waals surface area (Å²) in [4.78, 5) is 0. The van der Waals surface area contributed by atoms with Crippen LogP contribution in [0.1, 0.15) is 42.5 Å². The smallest absolute Gasteiger partial charge is 0 e. The van der Waals surface area contributed by atoms with Crippen molar-refractivity contribution in [3.8, 4) is 0 Å². The Morgan fingerprint density at radius 3 is 1.33 bits per heavy atom. The predicted molar refractivity (Wildman–Crippen MR) is 45.0 cm³/mol. The molecule has 0 amide bonds. The molecule has 0 aromatic rings. The van der Waals surface area contributed by atoms with Crippen LogP contribution in [-0.4, -0.2) is 0 Å². The van der Waals surface area contributed by atoms with Crippen LogP contribution in [0.2, 0.25) is 0 Å². The van der Waals surface area contributed by atoms with Crippen LogP contribution >= 0.6 is 0 Å². The molecule has 0 aliphatic heterocycles. The second-order valence-electron chi connectivity index (χ2n) is 1.51. The van der Waals surface area contributed by atoms with Crippen molar-refractivity contribution in [1.29, 1.82) is 0 Å². The summed E-state index contributed by atoms with van der Waals surface area (Å²) in [6, 6.07) is 0. The van der Waals surface area contributed by atoms with Gasteiger partial charge in [0.05, 0.1) is 0 Å². The number of hydrogen-bond donors (Lipinski definition) is 0. The molecule has 0 aromatic heterocycles. The van der Waals surface area contributed by atoms with Crippen molar-refractivity contribution in [2.75, 3.05) is 0 Å². The van der Waals surface area contributed by atoms with Gasteiger partial charge in [-0.1, -0.05) is 42.5 Å². The Kier molecular flexibility index (Phi) is 136. The third kappa shape index (κ3) is 175. The van der Waals surface area contributed by atoms with Crippen molar-refractivity contribution in [3.05, 3.63) is 6.92 Å². The fourth-order valence-electron chi connectivity index (χ4n) is 0. The van der Waals surface area contributed by atoms with Gasteiger partial charge < -0.3 is 6.92 Å². The standard InChI is InChI=1S/C5H11.3CH4.Rf/c1-4-5(2)3;;;;/h5H,2,4H2,1,3H3;3*1H4;/q-1;;;;. The maximum absolute atomic E-state index is 3.76. The van der Waals surface area contributed by atoms with Gasteiger partial charge in [-0.15, -0.1) is 0 Å². The Balaban J connectivity index is -0.0000000133. The molecule has 0 spiro atoms. The molecule has 1 atom stereocenters. The van der Waals surface area contributed by atoms with Crippen LogP contribution in [0.25, 0.3) is 0 Å². The molecule has 1 heteroatoms. The summed E-state index contributed by atoms with van der Waals surface area (Å²) in [5.74, 6) is 0.634. The molecular formula is C8H23Rf-. The minimum absolute atomic E-state index is 0. The SMILES string of the molecule is C.C.C.[CH2-]C(C)CC.[Rf]. The summed E-state index contributed by atoms with van der Waals surface area (Å²) in [5, 5.41) is 0. The summed E-state index contributed by atoms with van der Waals surface area (Å²) in [6.45, 7) is 8.00. The van der Waals surface area contributed by atoms with Crippen molar-refractivity contribution in [1.82, 2.24) is 0 Å². The molecular weight excluding hydrogens is 363 g/mol. The van der Waals surface area contributed by atoms with Gasteiger partial charge >= 0.3 is 0 Å². The third-order valence-electron chi connectivity index (χ3n) is 0.697. The molecule has 0 aromatic carbocycles. The van der Waals surface area contributed by atoms with Gasteiger partial charge in [0.25, 0.3) is 0 Å². The van der Waals surface area contributed by atoms with Gasteiger partial charge in [0, 0.05) is 0 Å². The molecule has 9 heavy (non-hydrogen) atoms. The van der Waals surface area contributed by atoms with E-state index >= 15 is 0 Å². The largest absolute Gasteiger partial charge is 0.341 e. The van der Waals surface area contributed by atoms with Gasteiger partial charge in [0.2, 0.25) is 0 Å². The van der Waals surface area contributed by atoms with Gasteiger partial charge in [0.1, 0.15) is 0 Å². The van der Waals surface area contributed by atoms with Crippen LogP contribution in [0, 0.1) is 12.8 Å². The van der Waals surface area contributed by atoms with E-state index < -0.39 is 0 Å². The first-order valence-electron chi connectivity index (χ1n) is 2.10. The first kappa shape index (κ1) is 43.6. The number of hydrogen-bond acceptors (Lipinski definition) is 0. The second kappa shape index (κ2) is 28.0. The average molecular weight is 386 g/mol. The van der Waals surface area contributed by atoms with Crippen LogP contribution in [0.15, 0.2) is 0 Å². The zero-order chi connectivity index (χ0) is 4.28. The first-order valence-corrected chi connectivity index (χ1v) is 2.10. The number of rotatable bonds is 1. The maximum Gasteiger partial charge on any atom is 0 e. The van der Waals surface area contributed by atoms with E-state index in [4.69, 9.17) is 0 Å². The fourth-order valence-corrected chi connectivity index (χ4v) is 0. The predicted octanol–water partition coefficient (Wildman–Crippen LogP) is 3.77. The molecule has 0 aliphatic carbocycles. The van der Waals surface area contributed by atoms with Gasteiger partial charge in [-0.2, -0.15) is 5.92 Å². The third-order valence-corrected chi connectivity index (χ3v) is 0.697. The fraction of sp³-hybridized carbons (Fsp3) is 0.875. The van der Waals surface area contributed by atoms with E-state index in [9.17, 15) is 0 Å². The molecule has 0 aliphatic rings. The molecule has 0 bridgehead atoms. The van der Waals surface area contributed by atoms with E-state index in [0.29, 0.717) is 5.92 Å².